The number of carbonyl (C=O) groups excluding carboxylic acids is 4. The third-order valence-electron chi connectivity index (χ3n) is 9.84. The van der Waals surface area contributed by atoms with Crippen LogP contribution in [0.4, 0.5) is 13.6 Å². The van der Waals surface area contributed by atoms with Crippen LogP contribution in [0.15, 0.2) is 0 Å². The molecule has 40 heavy (non-hydrogen) atoms. The molecule has 0 aromatic carbocycles. The zero-order chi connectivity index (χ0) is 29.4. The molecule has 12 heteroatoms. The second kappa shape index (κ2) is 9.28. The van der Waals surface area contributed by atoms with Crippen molar-refractivity contribution in [3.8, 4) is 6.07 Å². The first-order valence-corrected chi connectivity index (χ1v) is 14.2. The first kappa shape index (κ1) is 28.6. The average Bonchev–Trinajstić information content (AvgIpc) is 3.45. The van der Waals surface area contributed by atoms with E-state index in [0.717, 1.165) is 17.7 Å². The number of alkyl halides is 2. The number of nitriles is 1. The fourth-order valence-electron chi connectivity index (χ4n) is 7.09. The molecule has 6 atom stereocenters. The van der Waals surface area contributed by atoms with Gasteiger partial charge in [-0.1, -0.05) is 34.6 Å². The van der Waals surface area contributed by atoms with Crippen molar-refractivity contribution < 1.29 is 28.0 Å². The fraction of sp³-hybridized carbons (Fsp3) is 0.821. The summed E-state index contributed by atoms with van der Waals surface area (Å²) in [6.45, 7) is 8.92. The van der Waals surface area contributed by atoms with Crippen molar-refractivity contribution in [3.05, 3.63) is 0 Å². The predicted octanol–water partition coefficient (Wildman–Crippen LogP) is 2.00. The predicted molar refractivity (Wildman–Crippen MR) is 140 cm³/mol. The molecule has 5 amide bonds. The van der Waals surface area contributed by atoms with Gasteiger partial charge >= 0.3 is 6.03 Å². The zero-order valence-corrected chi connectivity index (χ0v) is 23.9. The molecule has 0 radical (unpaired) electrons. The van der Waals surface area contributed by atoms with Crippen LogP contribution in [-0.4, -0.2) is 82.8 Å². The summed E-state index contributed by atoms with van der Waals surface area (Å²) in [6.07, 6.45) is 2.30. The molecule has 2 saturated carbocycles. The number of nitrogens with zero attached hydrogens (tertiary/aromatic N) is 3. The van der Waals surface area contributed by atoms with Crippen LogP contribution in [-0.2, 0) is 14.4 Å². The maximum atomic E-state index is 14.0. The molecule has 3 N–H and O–H groups in total. The normalized spacial score (nSPS) is 32.1. The van der Waals surface area contributed by atoms with Crippen molar-refractivity contribution in [1.29, 1.82) is 5.26 Å². The lowest BCUT2D eigenvalue weighted by Crippen LogP contribution is -2.61. The number of fused-ring (bicyclic) bond motifs is 1. The van der Waals surface area contributed by atoms with E-state index in [0.29, 0.717) is 13.0 Å². The minimum Gasteiger partial charge on any atom is -0.350 e. The maximum absolute atomic E-state index is 14.0. The highest BCUT2D eigenvalue weighted by molar-refractivity contribution is 5.94. The fourth-order valence-corrected chi connectivity index (χ4v) is 7.09. The van der Waals surface area contributed by atoms with Crippen LogP contribution in [0.1, 0.15) is 66.7 Å². The molecule has 2 aliphatic carbocycles. The Morgan fingerprint density at radius 1 is 1.18 bits per heavy atom. The number of carbonyl (C=O) groups is 4. The van der Waals surface area contributed by atoms with E-state index < -0.39 is 60.3 Å². The largest absolute Gasteiger partial charge is 0.350 e. The van der Waals surface area contributed by atoms with Crippen molar-refractivity contribution in [1.82, 2.24) is 25.8 Å². The Morgan fingerprint density at radius 3 is 2.38 bits per heavy atom. The van der Waals surface area contributed by atoms with Crippen LogP contribution in [0.2, 0.25) is 0 Å². The number of halogens is 2. The molecule has 10 nitrogen and oxygen atoms in total. The number of amides is 5. The summed E-state index contributed by atoms with van der Waals surface area (Å²) in [4.78, 5) is 55.5. The van der Waals surface area contributed by atoms with Crippen LogP contribution in [0.5, 0.6) is 0 Å². The Morgan fingerprint density at radius 2 is 1.85 bits per heavy atom. The number of hydrogen-bond donors (Lipinski definition) is 3. The molecule has 220 valence electrons. The van der Waals surface area contributed by atoms with Gasteiger partial charge in [0.25, 0.3) is 5.92 Å². The molecular formula is C28H40F2N6O4. The van der Waals surface area contributed by atoms with Gasteiger partial charge in [0.1, 0.15) is 18.1 Å². The third kappa shape index (κ3) is 5.12. The average molecular weight is 563 g/mol. The van der Waals surface area contributed by atoms with Gasteiger partial charge in [-0.3, -0.25) is 14.4 Å². The molecule has 3 saturated heterocycles. The van der Waals surface area contributed by atoms with E-state index in [2.05, 4.69) is 22.0 Å². The summed E-state index contributed by atoms with van der Waals surface area (Å²) in [5.41, 5.74) is -1.07. The van der Waals surface area contributed by atoms with Crippen LogP contribution in [0.3, 0.4) is 0 Å². The van der Waals surface area contributed by atoms with Crippen LogP contribution >= 0.6 is 0 Å². The van der Waals surface area contributed by atoms with Gasteiger partial charge < -0.3 is 25.8 Å². The Kier molecular flexibility index (Phi) is 6.62. The van der Waals surface area contributed by atoms with Crippen molar-refractivity contribution in [2.75, 3.05) is 19.6 Å². The summed E-state index contributed by atoms with van der Waals surface area (Å²) in [5.74, 6) is -4.33. The van der Waals surface area contributed by atoms with Crippen molar-refractivity contribution in [3.63, 3.8) is 0 Å². The Hall–Kier alpha value is -2.97. The SMILES string of the molecule is CC(C)(C)C(NC(=O)N1CCC(F)(F)C1)C(=O)N1CC2C(C1C(=O)NC(C#N)CC1CC3(CC3)NC1=O)C2(C)C. The van der Waals surface area contributed by atoms with Gasteiger partial charge in [-0.2, -0.15) is 5.26 Å². The number of likely N-dealkylation sites (tertiary alicyclic amines) is 2. The molecule has 3 heterocycles. The van der Waals surface area contributed by atoms with Gasteiger partial charge in [0.05, 0.1) is 12.6 Å². The first-order valence-electron chi connectivity index (χ1n) is 14.2. The molecule has 0 aromatic heterocycles. The topological polar surface area (TPSA) is 135 Å². The minimum absolute atomic E-state index is 0.0802. The summed E-state index contributed by atoms with van der Waals surface area (Å²) >= 11 is 0. The second-order valence-electron chi connectivity index (χ2n) is 14.3. The lowest BCUT2D eigenvalue weighted by Gasteiger charge is -2.38. The van der Waals surface area contributed by atoms with Gasteiger partial charge in [0.2, 0.25) is 17.7 Å². The summed E-state index contributed by atoms with van der Waals surface area (Å²) < 4.78 is 27.5. The van der Waals surface area contributed by atoms with Gasteiger partial charge in [-0.05, 0) is 48.3 Å². The highest BCUT2D eigenvalue weighted by Crippen LogP contribution is 2.65. The van der Waals surface area contributed by atoms with Gasteiger partial charge in [-0.15, -0.1) is 0 Å². The van der Waals surface area contributed by atoms with Gasteiger partial charge in [-0.25, -0.2) is 13.6 Å². The van der Waals surface area contributed by atoms with E-state index >= 15 is 0 Å². The molecule has 5 fully saturated rings. The monoisotopic (exact) mass is 562 g/mol. The van der Waals surface area contributed by atoms with Gasteiger partial charge in [0.15, 0.2) is 0 Å². The highest BCUT2D eigenvalue weighted by atomic mass is 19.3. The highest BCUT2D eigenvalue weighted by Gasteiger charge is 2.70. The molecule has 3 aliphatic heterocycles. The van der Waals surface area contributed by atoms with Crippen molar-refractivity contribution in [2.45, 2.75) is 96.3 Å². The summed E-state index contributed by atoms with van der Waals surface area (Å²) in [7, 11) is 0. The Bertz CT molecular complexity index is 1160. The van der Waals surface area contributed by atoms with Crippen LogP contribution in [0, 0.1) is 39.9 Å². The molecular weight excluding hydrogens is 522 g/mol. The van der Waals surface area contributed by atoms with Crippen LogP contribution in [0.25, 0.3) is 0 Å². The van der Waals surface area contributed by atoms with E-state index in [1.54, 1.807) is 20.8 Å². The molecule has 1 spiro atoms. The first-order chi connectivity index (χ1) is 18.5. The van der Waals surface area contributed by atoms with Crippen molar-refractivity contribution in [2.24, 2.45) is 28.6 Å². The number of piperidine rings is 1. The number of rotatable bonds is 6. The number of urea groups is 1. The zero-order valence-electron chi connectivity index (χ0n) is 23.9. The second-order valence-corrected chi connectivity index (χ2v) is 14.3. The maximum Gasteiger partial charge on any atom is 0.318 e. The molecule has 6 unspecified atom stereocenters. The third-order valence-corrected chi connectivity index (χ3v) is 9.84. The van der Waals surface area contributed by atoms with Gasteiger partial charge in [0, 0.05) is 31.0 Å². The van der Waals surface area contributed by atoms with E-state index in [1.807, 2.05) is 13.8 Å². The molecule has 5 aliphatic rings. The van der Waals surface area contributed by atoms with E-state index in [4.69, 9.17) is 0 Å². The Balaban J connectivity index is 1.30. The molecule has 5 rings (SSSR count). The number of nitrogens with one attached hydrogen (secondary N) is 3. The lowest BCUT2D eigenvalue weighted by atomic mass is 9.85. The van der Waals surface area contributed by atoms with Crippen LogP contribution < -0.4 is 16.0 Å². The van der Waals surface area contributed by atoms with E-state index in [-0.39, 0.29) is 47.6 Å². The lowest BCUT2D eigenvalue weighted by molar-refractivity contribution is -0.144. The molecule has 0 aromatic rings. The standard InChI is InChI=1S/C28H40F2N6O4/c1-25(2,3)20(33-24(40)35-9-8-28(29,30)14-35)23(39)36-13-17-18(26(17,4)5)19(36)22(38)32-16(12-31)10-15-11-27(6-7-27)34-21(15)37/h15-20H,6-11,13-14H2,1-5H3,(H,32,38)(H,33,40)(H,34,37). The minimum atomic E-state index is -2.96. The van der Waals surface area contributed by atoms with E-state index in [1.165, 1.54) is 4.90 Å². The Labute approximate surface area is 233 Å². The molecule has 0 bridgehead atoms. The number of hydrogen-bond acceptors (Lipinski definition) is 5. The summed E-state index contributed by atoms with van der Waals surface area (Å²) in [6, 6.07) is -1.39. The smallest absolute Gasteiger partial charge is 0.318 e. The quantitative estimate of drug-likeness (QED) is 0.455. The van der Waals surface area contributed by atoms with Crippen molar-refractivity contribution >= 4 is 23.8 Å². The summed E-state index contributed by atoms with van der Waals surface area (Å²) in [5, 5.41) is 18.3. The van der Waals surface area contributed by atoms with E-state index in [9.17, 15) is 33.2 Å².